The maximum Gasteiger partial charge on any atom is 0.240 e. The van der Waals surface area contributed by atoms with Crippen LogP contribution in [0.15, 0.2) is 35.2 Å². The first-order valence-electron chi connectivity index (χ1n) is 6.40. The van der Waals surface area contributed by atoms with Crippen molar-refractivity contribution in [3.63, 3.8) is 0 Å². The summed E-state index contributed by atoms with van der Waals surface area (Å²) in [6.07, 6.45) is 3.39. The van der Waals surface area contributed by atoms with Gasteiger partial charge in [-0.3, -0.25) is 0 Å². The quantitative estimate of drug-likeness (QED) is 0.944. The second kappa shape index (κ2) is 5.27. The van der Waals surface area contributed by atoms with Crippen molar-refractivity contribution in [3.05, 3.63) is 51.5 Å². The van der Waals surface area contributed by atoms with E-state index in [1.807, 2.05) is 0 Å². The van der Waals surface area contributed by atoms with Gasteiger partial charge in [0.2, 0.25) is 10.0 Å². The van der Waals surface area contributed by atoms with Gasteiger partial charge in [0.25, 0.3) is 0 Å². The third-order valence-electron chi connectivity index (χ3n) is 3.36. The molecule has 1 aliphatic rings. The molecule has 0 fully saturated rings. The smallest absolute Gasteiger partial charge is 0.207 e. The van der Waals surface area contributed by atoms with Crippen molar-refractivity contribution in [2.75, 3.05) is 0 Å². The van der Waals surface area contributed by atoms with Gasteiger partial charge in [-0.15, -0.1) is 11.3 Å². The lowest BCUT2D eigenvalue weighted by Gasteiger charge is -2.05. The van der Waals surface area contributed by atoms with Gasteiger partial charge in [-0.2, -0.15) is 0 Å². The molecule has 0 spiro atoms. The molecule has 0 saturated carbocycles. The van der Waals surface area contributed by atoms with Crippen molar-refractivity contribution in [3.8, 4) is 0 Å². The molecule has 3 rings (SSSR count). The van der Waals surface area contributed by atoms with Crippen LogP contribution in [-0.2, 0) is 29.4 Å². The summed E-state index contributed by atoms with van der Waals surface area (Å²) in [7, 11) is -3.58. The van der Waals surface area contributed by atoms with Crippen molar-refractivity contribution < 1.29 is 12.8 Å². The third kappa shape index (κ3) is 2.77. The molecule has 1 N–H and O–H groups in total. The zero-order chi connectivity index (χ0) is 14.2. The molecule has 0 saturated heterocycles. The largest absolute Gasteiger partial charge is 0.240 e. The van der Waals surface area contributed by atoms with Gasteiger partial charge >= 0.3 is 0 Å². The van der Waals surface area contributed by atoms with E-state index in [9.17, 15) is 12.8 Å². The highest BCUT2D eigenvalue weighted by atomic mass is 32.2. The number of aryl methyl sites for hydroxylation is 2. The third-order valence-corrected chi connectivity index (χ3v) is 6.01. The lowest BCUT2D eigenvalue weighted by molar-refractivity contribution is 0.581. The second-order valence-electron chi connectivity index (χ2n) is 4.79. The van der Waals surface area contributed by atoms with E-state index >= 15 is 0 Å². The molecule has 0 aliphatic heterocycles. The average Bonchev–Trinajstić information content (AvgIpc) is 2.97. The van der Waals surface area contributed by atoms with Crippen LogP contribution < -0.4 is 4.72 Å². The standard InChI is InChI=1S/C14H14FNO2S2/c15-11-4-6-13(7-5-11)20(17,18)16-9-12-8-10-2-1-3-14(10)19-12/h4-8,16H,1-3,9H2. The average molecular weight is 311 g/mol. The molecule has 0 radical (unpaired) electrons. The van der Waals surface area contributed by atoms with E-state index < -0.39 is 15.8 Å². The molecule has 1 aliphatic carbocycles. The number of hydrogen-bond acceptors (Lipinski definition) is 3. The minimum atomic E-state index is -3.58. The first kappa shape index (κ1) is 13.7. The molecule has 0 atom stereocenters. The van der Waals surface area contributed by atoms with E-state index in [0.717, 1.165) is 29.9 Å². The Morgan fingerprint density at radius 3 is 2.65 bits per heavy atom. The van der Waals surface area contributed by atoms with Crippen LogP contribution in [0.4, 0.5) is 4.39 Å². The van der Waals surface area contributed by atoms with Gasteiger partial charge in [-0.05, 0) is 55.2 Å². The normalized spacial score (nSPS) is 14.4. The summed E-state index contributed by atoms with van der Waals surface area (Å²) in [5.41, 5.74) is 1.35. The van der Waals surface area contributed by atoms with E-state index in [4.69, 9.17) is 0 Å². The number of benzene rings is 1. The predicted molar refractivity (Wildman–Crippen MR) is 76.8 cm³/mol. The van der Waals surface area contributed by atoms with Crippen LogP contribution in [0.5, 0.6) is 0 Å². The van der Waals surface area contributed by atoms with Crippen LogP contribution >= 0.6 is 11.3 Å². The van der Waals surface area contributed by atoms with Gasteiger partial charge in [0.15, 0.2) is 0 Å². The molecule has 0 amide bonds. The number of sulfonamides is 1. The maximum atomic E-state index is 12.8. The minimum Gasteiger partial charge on any atom is -0.207 e. The molecule has 106 valence electrons. The molecule has 1 aromatic carbocycles. The summed E-state index contributed by atoms with van der Waals surface area (Å²) in [5.74, 6) is -0.446. The molecule has 3 nitrogen and oxygen atoms in total. The topological polar surface area (TPSA) is 46.2 Å². The second-order valence-corrected chi connectivity index (χ2v) is 7.78. The molecule has 0 bridgehead atoms. The minimum absolute atomic E-state index is 0.0861. The predicted octanol–water partition coefficient (Wildman–Crippen LogP) is 2.85. The van der Waals surface area contributed by atoms with Crippen molar-refractivity contribution in [1.29, 1.82) is 0 Å². The summed E-state index contributed by atoms with van der Waals surface area (Å²) < 4.78 is 39.5. The zero-order valence-electron chi connectivity index (χ0n) is 10.7. The molecule has 20 heavy (non-hydrogen) atoms. The first-order valence-corrected chi connectivity index (χ1v) is 8.70. The van der Waals surface area contributed by atoms with E-state index in [1.165, 1.54) is 29.0 Å². The lowest BCUT2D eigenvalue weighted by atomic mass is 10.2. The highest BCUT2D eigenvalue weighted by Gasteiger charge is 2.17. The van der Waals surface area contributed by atoms with E-state index in [-0.39, 0.29) is 11.4 Å². The summed E-state index contributed by atoms with van der Waals surface area (Å²) in [6, 6.07) is 6.92. The van der Waals surface area contributed by atoms with Crippen LogP contribution in [0, 0.1) is 5.82 Å². The summed E-state index contributed by atoms with van der Waals surface area (Å²) in [4.78, 5) is 2.49. The van der Waals surface area contributed by atoms with Gasteiger partial charge in [-0.25, -0.2) is 17.5 Å². The highest BCUT2D eigenvalue weighted by Crippen LogP contribution is 2.30. The number of hydrogen-bond donors (Lipinski definition) is 1. The maximum absolute atomic E-state index is 12.8. The molecule has 0 unspecified atom stereocenters. The van der Waals surface area contributed by atoms with E-state index in [2.05, 4.69) is 10.8 Å². The number of fused-ring (bicyclic) bond motifs is 1. The van der Waals surface area contributed by atoms with Crippen LogP contribution in [-0.4, -0.2) is 8.42 Å². The number of halogens is 1. The van der Waals surface area contributed by atoms with Gasteiger partial charge in [0.1, 0.15) is 5.82 Å². The Kier molecular flexibility index (Phi) is 3.62. The highest BCUT2D eigenvalue weighted by molar-refractivity contribution is 7.89. The van der Waals surface area contributed by atoms with Gasteiger partial charge in [-0.1, -0.05) is 0 Å². The van der Waals surface area contributed by atoms with E-state index in [1.54, 1.807) is 11.3 Å². The molecule has 1 heterocycles. The van der Waals surface area contributed by atoms with Crippen molar-refractivity contribution in [2.24, 2.45) is 0 Å². The zero-order valence-corrected chi connectivity index (χ0v) is 12.4. The Hall–Kier alpha value is -1.24. The first-order chi connectivity index (χ1) is 9.54. The molecule has 1 aromatic heterocycles. The molecule has 6 heteroatoms. The fourth-order valence-corrected chi connectivity index (χ4v) is 4.64. The van der Waals surface area contributed by atoms with Crippen molar-refractivity contribution in [1.82, 2.24) is 4.72 Å². The molecular formula is C14H14FNO2S2. The van der Waals surface area contributed by atoms with E-state index in [0.29, 0.717) is 0 Å². The lowest BCUT2D eigenvalue weighted by Crippen LogP contribution is -2.22. The Bertz CT molecular complexity index is 699. The summed E-state index contributed by atoms with van der Waals surface area (Å²) in [6.45, 7) is 0.289. The Morgan fingerprint density at radius 1 is 1.20 bits per heavy atom. The van der Waals surface area contributed by atoms with Crippen LogP contribution in [0.2, 0.25) is 0 Å². The number of nitrogens with one attached hydrogen (secondary N) is 1. The van der Waals surface area contributed by atoms with Crippen molar-refractivity contribution >= 4 is 21.4 Å². The molecule has 2 aromatic rings. The number of rotatable bonds is 4. The van der Waals surface area contributed by atoms with Gasteiger partial charge in [0.05, 0.1) is 4.90 Å². The SMILES string of the molecule is O=S(=O)(NCc1cc2c(s1)CCC2)c1ccc(F)cc1. The number of thiophene rings is 1. The van der Waals surface area contributed by atoms with Gasteiger partial charge in [0, 0.05) is 16.3 Å². The van der Waals surface area contributed by atoms with Crippen LogP contribution in [0.1, 0.15) is 21.7 Å². The fraction of sp³-hybridized carbons (Fsp3) is 0.286. The monoisotopic (exact) mass is 311 g/mol. The Balaban J connectivity index is 1.71. The fourth-order valence-electron chi connectivity index (χ4n) is 2.34. The Morgan fingerprint density at radius 2 is 1.95 bits per heavy atom. The summed E-state index contributed by atoms with van der Waals surface area (Å²) >= 11 is 1.67. The van der Waals surface area contributed by atoms with Crippen molar-refractivity contribution in [2.45, 2.75) is 30.7 Å². The van der Waals surface area contributed by atoms with Gasteiger partial charge < -0.3 is 0 Å². The molecular weight excluding hydrogens is 297 g/mol. The Labute approximate surface area is 121 Å². The van der Waals surface area contributed by atoms with Crippen LogP contribution in [0.25, 0.3) is 0 Å². The van der Waals surface area contributed by atoms with Crippen LogP contribution in [0.3, 0.4) is 0 Å². The summed E-state index contributed by atoms with van der Waals surface area (Å²) in [5, 5.41) is 0.